The summed E-state index contributed by atoms with van der Waals surface area (Å²) >= 11 is 0. The lowest BCUT2D eigenvalue weighted by molar-refractivity contribution is -0.143. The molecule has 5 N–H and O–H groups in total. The van der Waals surface area contributed by atoms with Gasteiger partial charge in [0.1, 0.15) is 17.7 Å². The number of fused-ring (bicyclic) bond motifs is 5. The molecule has 0 aromatic heterocycles. The van der Waals surface area contributed by atoms with E-state index in [1.54, 1.807) is 13.8 Å². The lowest BCUT2D eigenvalue weighted by Gasteiger charge is -2.58. The molecule has 11 nitrogen and oxygen atoms in total. The van der Waals surface area contributed by atoms with Crippen molar-refractivity contribution in [1.82, 2.24) is 10.6 Å². The van der Waals surface area contributed by atoms with Crippen molar-refractivity contribution in [2.45, 2.75) is 110 Å². The van der Waals surface area contributed by atoms with E-state index in [9.17, 15) is 29.4 Å². The number of aliphatic hydroxyl groups is 1. The van der Waals surface area contributed by atoms with Crippen molar-refractivity contribution in [3.8, 4) is 12.3 Å². The number of carboxylic acids is 2. The number of carboxylic acid groups (broad SMARTS) is 2. The molecule has 2 amide bonds. The van der Waals surface area contributed by atoms with Gasteiger partial charge in [-0.2, -0.15) is 0 Å². The van der Waals surface area contributed by atoms with Crippen LogP contribution in [-0.2, 0) is 24.0 Å². The molecule has 4 aliphatic rings. The summed E-state index contributed by atoms with van der Waals surface area (Å²) in [5, 5.41) is 38.6. The van der Waals surface area contributed by atoms with Gasteiger partial charge in [-0.15, -0.1) is 6.42 Å². The maximum Gasteiger partial charge on any atom is 0.326 e. The summed E-state index contributed by atoms with van der Waals surface area (Å²) in [4.78, 5) is 53.1. The summed E-state index contributed by atoms with van der Waals surface area (Å²) in [6.07, 6.45) is 14.5. The summed E-state index contributed by atoms with van der Waals surface area (Å²) < 4.78 is 0. The maximum atomic E-state index is 12.8. The Bertz CT molecular complexity index is 1270. The third kappa shape index (κ3) is 6.37. The molecule has 4 aliphatic carbocycles. The molecule has 0 aromatic rings. The average Bonchev–Trinajstić information content (AvgIpc) is 3.24. The predicted molar refractivity (Wildman–Crippen MR) is 162 cm³/mol. The largest absolute Gasteiger partial charge is 0.481 e. The van der Waals surface area contributed by atoms with E-state index in [1.165, 1.54) is 5.57 Å². The van der Waals surface area contributed by atoms with Crippen molar-refractivity contribution < 1.29 is 39.3 Å². The molecule has 0 unspecified atom stereocenters. The third-order valence-corrected chi connectivity index (χ3v) is 11.3. The summed E-state index contributed by atoms with van der Waals surface area (Å²) in [5.41, 5.74) is 0.931. The monoisotopic (exact) mass is 613 g/mol. The van der Waals surface area contributed by atoms with E-state index in [2.05, 4.69) is 41.6 Å². The van der Waals surface area contributed by atoms with Gasteiger partial charge in [-0.05, 0) is 93.0 Å². The molecule has 0 aliphatic heterocycles. The Morgan fingerprint density at radius 3 is 2.41 bits per heavy atom. The van der Waals surface area contributed by atoms with Gasteiger partial charge in [0.2, 0.25) is 5.91 Å². The third-order valence-electron chi connectivity index (χ3n) is 11.3. The van der Waals surface area contributed by atoms with E-state index < -0.39 is 54.5 Å². The smallest absolute Gasteiger partial charge is 0.326 e. The second kappa shape index (κ2) is 12.9. The van der Waals surface area contributed by atoms with Gasteiger partial charge in [0.05, 0.1) is 5.71 Å². The lowest BCUT2D eigenvalue weighted by atomic mass is 9.46. The average molecular weight is 614 g/mol. The highest BCUT2D eigenvalue weighted by Gasteiger charge is 2.63. The van der Waals surface area contributed by atoms with Crippen LogP contribution >= 0.6 is 0 Å². The standard InChI is InChI=1S/C33H47N3O8/c1-6-33(43)16-13-24-22-8-7-20-17-21(11-14-31(20,4)23(22)12-15-32(24,33)5)36-44-18-26(37)35-28(19(2)3)29(40)34-25(30(41)42)9-10-27(38)39/h1,17,19,22-25,28,43H,7-16,18H2,2-5H3,(H,34,40)(H,35,37)(H,38,39)(H,41,42)/b36-21-/t22-,23-,24-,25+,28-,31+,32+,33-/m1/s1. The number of terminal acetylenes is 1. The SMILES string of the molecule is C#C[C@@]1(O)CC[C@@H]2[C@@H]3CCC4=C/C(=N\OCC(=O)N[C@@H](C(=O)N[C@@H](CCC(=O)O)C(=O)O)C(C)C)CC[C@]4(C)[C@@H]3CC[C@@]21C. The fourth-order valence-corrected chi connectivity index (χ4v) is 8.61. The summed E-state index contributed by atoms with van der Waals surface area (Å²) in [6.45, 7) is 7.55. The highest BCUT2D eigenvalue weighted by molar-refractivity contribution is 5.96. The normalized spacial score (nSPS) is 34.8. The Kier molecular flexibility index (Phi) is 9.84. The minimum Gasteiger partial charge on any atom is -0.481 e. The van der Waals surface area contributed by atoms with Crippen LogP contribution in [-0.4, -0.2) is 69.1 Å². The minimum atomic E-state index is -1.39. The number of oxime groups is 1. The Morgan fingerprint density at radius 1 is 1.07 bits per heavy atom. The van der Waals surface area contributed by atoms with Crippen molar-refractivity contribution >= 4 is 29.5 Å². The van der Waals surface area contributed by atoms with Gasteiger partial charge >= 0.3 is 11.9 Å². The van der Waals surface area contributed by atoms with Gasteiger partial charge in [0.15, 0.2) is 6.61 Å². The number of rotatable bonds is 11. The Balaban J connectivity index is 1.34. The van der Waals surface area contributed by atoms with E-state index in [0.29, 0.717) is 30.6 Å². The van der Waals surface area contributed by atoms with E-state index in [-0.39, 0.29) is 23.2 Å². The molecule has 0 spiro atoms. The van der Waals surface area contributed by atoms with Crippen molar-refractivity contribution in [3.63, 3.8) is 0 Å². The maximum absolute atomic E-state index is 12.8. The number of carbonyl (C=O) groups excluding carboxylic acids is 2. The molecule has 11 heteroatoms. The molecule has 0 radical (unpaired) electrons. The van der Waals surface area contributed by atoms with Crippen LogP contribution in [0.4, 0.5) is 0 Å². The second-order valence-corrected chi connectivity index (χ2v) is 14.0. The van der Waals surface area contributed by atoms with Crippen LogP contribution in [0.3, 0.4) is 0 Å². The number of carbonyl (C=O) groups is 4. The topological polar surface area (TPSA) is 175 Å². The molecule has 242 valence electrons. The number of allylic oxidation sites excluding steroid dienone is 2. The number of nitrogens with one attached hydrogen (secondary N) is 2. The fourth-order valence-electron chi connectivity index (χ4n) is 8.61. The van der Waals surface area contributed by atoms with Gasteiger partial charge in [-0.1, -0.05) is 44.3 Å². The van der Waals surface area contributed by atoms with Gasteiger partial charge in [-0.25, -0.2) is 4.79 Å². The molecule has 8 atom stereocenters. The molecule has 0 aromatic carbocycles. The zero-order valence-electron chi connectivity index (χ0n) is 26.2. The van der Waals surface area contributed by atoms with Crippen molar-refractivity contribution in [2.75, 3.05) is 6.61 Å². The van der Waals surface area contributed by atoms with Crippen molar-refractivity contribution in [3.05, 3.63) is 11.6 Å². The highest BCUT2D eigenvalue weighted by atomic mass is 16.6. The van der Waals surface area contributed by atoms with Gasteiger partial charge in [0, 0.05) is 11.8 Å². The zero-order chi connectivity index (χ0) is 32.4. The molecule has 44 heavy (non-hydrogen) atoms. The van der Waals surface area contributed by atoms with Crippen LogP contribution in [0.25, 0.3) is 0 Å². The Morgan fingerprint density at radius 2 is 1.77 bits per heavy atom. The van der Waals surface area contributed by atoms with Crippen LogP contribution in [0.15, 0.2) is 16.8 Å². The fraction of sp³-hybridized carbons (Fsp3) is 0.727. The van der Waals surface area contributed by atoms with Gasteiger partial charge in [-0.3, -0.25) is 14.4 Å². The first-order valence-electron chi connectivity index (χ1n) is 15.8. The molecule has 3 fully saturated rings. The van der Waals surface area contributed by atoms with Crippen molar-refractivity contribution in [1.29, 1.82) is 0 Å². The number of hydrogen-bond donors (Lipinski definition) is 5. The lowest BCUT2D eigenvalue weighted by Crippen LogP contribution is -2.54. The zero-order valence-corrected chi connectivity index (χ0v) is 26.2. The van der Waals surface area contributed by atoms with Crippen molar-refractivity contribution in [2.24, 2.45) is 39.7 Å². The minimum absolute atomic E-state index is 0.0492. The number of aliphatic carboxylic acids is 2. The van der Waals surface area contributed by atoms with Crippen LogP contribution in [0.2, 0.25) is 0 Å². The van der Waals surface area contributed by atoms with Gasteiger partial charge in [0.25, 0.3) is 5.91 Å². The van der Waals surface area contributed by atoms with Crippen LogP contribution in [0.5, 0.6) is 0 Å². The first-order valence-corrected chi connectivity index (χ1v) is 15.8. The molecule has 4 rings (SSSR count). The van der Waals surface area contributed by atoms with Crippen LogP contribution in [0.1, 0.15) is 91.9 Å². The predicted octanol–water partition coefficient (Wildman–Crippen LogP) is 3.26. The number of nitrogens with zero attached hydrogens (tertiary/aromatic N) is 1. The summed E-state index contributed by atoms with van der Waals surface area (Å²) in [5.74, 6) is 0.0444. The van der Waals surface area contributed by atoms with E-state index >= 15 is 0 Å². The van der Waals surface area contributed by atoms with Crippen LogP contribution < -0.4 is 10.6 Å². The Labute approximate surface area is 259 Å². The Hall–Kier alpha value is -3.39. The molecule has 0 saturated heterocycles. The molecule has 0 heterocycles. The quantitative estimate of drug-likeness (QED) is 0.174. The van der Waals surface area contributed by atoms with Crippen LogP contribution in [0, 0.1) is 46.8 Å². The first kappa shape index (κ1) is 33.5. The summed E-state index contributed by atoms with van der Waals surface area (Å²) in [6, 6.07) is -2.42. The van der Waals surface area contributed by atoms with E-state index in [4.69, 9.17) is 16.4 Å². The van der Waals surface area contributed by atoms with Gasteiger partial charge < -0.3 is 30.8 Å². The summed E-state index contributed by atoms with van der Waals surface area (Å²) in [7, 11) is 0. The van der Waals surface area contributed by atoms with E-state index in [1.807, 2.05) is 0 Å². The molecular formula is C33H47N3O8. The highest BCUT2D eigenvalue weighted by Crippen LogP contribution is 2.67. The number of amides is 2. The molecule has 0 bridgehead atoms. The second-order valence-electron chi connectivity index (χ2n) is 14.0. The number of hydrogen-bond acceptors (Lipinski definition) is 7. The molecule has 3 saturated carbocycles. The molecular weight excluding hydrogens is 566 g/mol. The van der Waals surface area contributed by atoms with E-state index in [0.717, 1.165) is 44.2 Å². The first-order chi connectivity index (χ1) is 20.6.